The number of nitriles is 1. The third kappa shape index (κ3) is 3.22. The Bertz CT molecular complexity index is 848. The third-order valence-corrected chi connectivity index (χ3v) is 3.89. The Hall–Kier alpha value is -3.18. The number of rotatable bonds is 5. The summed E-state index contributed by atoms with van der Waals surface area (Å²) in [6.07, 6.45) is 1.42. The lowest BCUT2D eigenvalue weighted by molar-refractivity contribution is -0.140. The van der Waals surface area contributed by atoms with Gasteiger partial charge < -0.3 is 14.8 Å². The van der Waals surface area contributed by atoms with Crippen molar-refractivity contribution in [2.24, 2.45) is 0 Å². The van der Waals surface area contributed by atoms with E-state index >= 15 is 0 Å². The van der Waals surface area contributed by atoms with Crippen LogP contribution >= 0.6 is 0 Å². The summed E-state index contributed by atoms with van der Waals surface area (Å²) in [6, 6.07) is 8.61. The summed E-state index contributed by atoms with van der Waals surface area (Å²) in [7, 11) is 1.54. The van der Waals surface area contributed by atoms with Crippen LogP contribution in [0, 0.1) is 11.3 Å². The van der Waals surface area contributed by atoms with Crippen molar-refractivity contribution in [1.29, 1.82) is 5.26 Å². The first kappa shape index (κ1) is 16.7. The largest absolute Gasteiger partial charge is 0.460 e. The summed E-state index contributed by atoms with van der Waals surface area (Å²) >= 11 is 0. The number of benzene rings is 1. The molecule has 1 aromatic carbocycles. The van der Waals surface area contributed by atoms with Gasteiger partial charge in [-0.3, -0.25) is 0 Å². The van der Waals surface area contributed by atoms with Gasteiger partial charge in [0.2, 0.25) is 5.95 Å². The zero-order valence-electron chi connectivity index (χ0n) is 13.9. The van der Waals surface area contributed by atoms with Crippen LogP contribution in [0.15, 0.2) is 41.9 Å². The molecule has 0 radical (unpaired) electrons. The molecule has 25 heavy (non-hydrogen) atoms. The van der Waals surface area contributed by atoms with Gasteiger partial charge in [-0.05, 0) is 24.6 Å². The minimum absolute atomic E-state index is 0.163. The van der Waals surface area contributed by atoms with Gasteiger partial charge in [0, 0.05) is 12.8 Å². The number of nitrogens with zero attached hydrogens (tertiary/aromatic N) is 4. The van der Waals surface area contributed by atoms with Crippen LogP contribution in [-0.2, 0) is 14.3 Å². The van der Waals surface area contributed by atoms with Crippen molar-refractivity contribution in [3.05, 3.63) is 53.0 Å². The van der Waals surface area contributed by atoms with E-state index in [2.05, 4.69) is 21.5 Å². The number of carbonyl (C=O) groups excluding carboxylic acids is 1. The monoisotopic (exact) mass is 339 g/mol. The van der Waals surface area contributed by atoms with Crippen molar-refractivity contribution >= 4 is 11.9 Å². The number of methoxy groups -OCH3 is 1. The number of fused-ring (bicyclic) bond motifs is 1. The molecule has 0 amide bonds. The van der Waals surface area contributed by atoms with Gasteiger partial charge in [-0.25, -0.2) is 9.48 Å². The third-order valence-electron chi connectivity index (χ3n) is 3.89. The van der Waals surface area contributed by atoms with Gasteiger partial charge in [0.05, 0.1) is 23.8 Å². The predicted octanol–water partition coefficient (Wildman–Crippen LogP) is 1.63. The van der Waals surface area contributed by atoms with Gasteiger partial charge in [0.15, 0.2) is 0 Å². The lowest BCUT2D eigenvalue weighted by Crippen LogP contribution is -2.30. The fourth-order valence-electron chi connectivity index (χ4n) is 2.70. The van der Waals surface area contributed by atoms with Crippen LogP contribution in [-0.4, -0.2) is 41.1 Å². The number of anilines is 1. The highest BCUT2D eigenvalue weighted by molar-refractivity contribution is 5.92. The van der Waals surface area contributed by atoms with Crippen LogP contribution < -0.4 is 5.32 Å². The molecule has 8 heteroatoms. The van der Waals surface area contributed by atoms with Crippen LogP contribution in [0.3, 0.4) is 0 Å². The summed E-state index contributed by atoms with van der Waals surface area (Å²) in [5.74, 6) is 0.0952. The van der Waals surface area contributed by atoms with Gasteiger partial charge in [-0.1, -0.05) is 12.1 Å². The quantitative estimate of drug-likeness (QED) is 0.652. The van der Waals surface area contributed by atoms with Gasteiger partial charge in [0.1, 0.15) is 19.0 Å². The second kappa shape index (κ2) is 7.15. The number of carbonyl (C=O) groups is 1. The molecule has 1 aliphatic heterocycles. The molecule has 1 atom stereocenters. The fourth-order valence-corrected chi connectivity index (χ4v) is 2.70. The van der Waals surface area contributed by atoms with Crippen LogP contribution in [0.1, 0.15) is 24.1 Å². The number of aromatic nitrogens is 3. The van der Waals surface area contributed by atoms with E-state index in [9.17, 15) is 4.79 Å². The molecule has 0 saturated heterocycles. The fraction of sp³-hybridized carbons (Fsp3) is 0.294. The van der Waals surface area contributed by atoms with Crippen LogP contribution in [0.4, 0.5) is 5.95 Å². The first-order valence-corrected chi connectivity index (χ1v) is 7.69. The number of ether oxygens (including phenoxy) is 2. The molecule has 3 rings (SSSR count). The Labute approximate surface area is 144 Å². The standard InChI is InChI=1S/C17H17N5O3/c1-11-14(16(23)25-8-7-24-2)15(22-17(21-11)19-10-20-22)13-5-3-12(9-18)4-6-13/h3-6,10,15H,7-8H2,1-2H3,(H,19,20,21)/t15-/m1/s1. The second-order valence-corrected chi connectivity index (χ2v) is 5.46. The molecule has 128 valence electrons. The Kier molecular flexibility index (Phi) is 4.77. The number of allylic oxidation sites excluding steroid dienone is 1. The second-order valence-electron chi connectivity index (χ2n) is 5.46. The zero-order chi connectivity index (χ0) is 17.8. The van der Waals surface area contributed by atoms with E-state index in [-0.39, 0.29) is 6.61 Å². The van der Waals surface area contributed by atoms with Crippen molar-refractivity contribution in [2.75, 3.05) is 25.6 Å². The van der Waals surface area contributed by atoms with E-state index in [1.807, 2.05) is 0 Å². The maximum absolute atomic E-state index is 12.6. The first-order chi connectivity index (χ1) is 12.2. The number of hydrogen-bond acceptors (Lipinski definition) is 7. The summed E-state index contributed by atoms with van der Waals surface area (Å²) < 4.78 is 11.9. The molecule has 1 N–H and O–H groups in total. The summed E-state index contributed by atoms with van der Waals surface area (Å²) in [5.41, 5.74) is 2.45. The normalized spacial score (nSPS) is 16.0. The summed E-state index contributed by atoms with van der Waals surface area (Å²) in [5, 5.41) is 16.3. The summed E-state index contributed by atoms with van der Waals surface area (Å²) in [4.78, 5) is 16.8. The van der Waals surface area contributed by atoms with Crippen molar-refractivity contribution < 1.29 is 14.3 Å². The lowest BCUT2D eigenvalue weighted by Gasteiger charge is -2.28. The van der Waals surface area contributed by atoms with Crippen LogP contribution in [0.5, 0.6) is 0 Å². The van der Waals surface area contributed by atoms with Gasteiger partial charge in [-0.2, -0.15) is 15.3 Å². The molecule has 0 aliphatic carbocycles. The molecular weight excluding hydrogens is 322 g/mol. The number of esters is 1. The van der Waals surface area contributed by atoms with Gasteiger partial charge in [0.25, 0.3) is 0 Å². The Morgan fingerprint density at radius 3 is 2.80 bits per heavy atom. The van der Waals surface area contributed by atoms with E-state index in [1.54, 1.807) is 43.0 Å². The molecule has 0 unspecified atom stereocenters. The van der Waals surface area contributed by atoms with Gasteiger partial charge in [-0.15, -0.1) is 0 Å². The highest BCUT2D eigenvalue weighted by atomic mass is 16.6. The van der Waals surface area contributed by atoms with E-state index in [0.29, 0.717) is 29.4 Å². The summed E-state index contributed by atoms with van der Waals surface area (Å²) in [6.45, 7) is 2.28. The number of hydrogen-bond donors (Lipinski definition) is 1. The SMILES string of the molecule is COCCOC(=O)C1=C(C)Nc2ncnn2[C@@H]1c1ccc(C#N)cc1. The zero-order valence-corrected chi connectivity index (χ0v) is 13.9. The smallest absolute Gasteiger partial charge is 0.338 e. The van der Waals surface area contributed by atoms with Crippen LogP contribution in [0.2, 0.25) is 0 Å². The molecule has 0 fully saturated rings. The molecule has 8 nitrogen and oxygen atoms in total. The highest BCUT2D eigenvalue weighted by Gasteiger charge is 2.34. The Balaban J connectivity index is 2.00. The predicted molar refractivity (Wildman–Crippen MR) is 88.5 cm³/mol. The molecular formula is C17H17N5O3. The lowest BCUT2D eigenvalue weighted by atomic mass is 9.95. The van der Waals surface area contributed by atoms with Crippen LogP contribution in [0.25, 0.3) is 0 Å². The minimum atomic E-state index is -0.485. The Morgan fingerprint density at radius 1 is 1.36 bits per heavy atom. The minimum Gasteiger partial charge on any atom is -0.460 e. The molecule has 0 spiro atoms. The average Bonchev–Trinajstić information content (AvgIpc) is 3.08. The molecule has 1 aliphatic rings. The maximum atomic E-state index is 12.6. The number of nitrogens with one attached hydrogen (secondary N) is 1. The van der Waals surface area contributed by atoms with Crippen molar-refractivity contribution in [1.82, 2.24) is 14.8 Å². The maximum Gasteiger partial charge on any atom is 0.338 e. The van der Waals surface area contributed by atoms with E-state index in [1.165, 1.54) is 6.33 Å². The molecule has 2 heterocycles. The van der Waals surface area contributed by atoms with E-state index in [0.717, 1.165) is 5.56 Å². The first-order valence-electron chi connectivity index (χ1n) is 7.69. The molecule has 2 aromatic rings. The van der Waals surface area contributed by atoms with Gasteiger partial charge >= 0.3 is 5.97 Å². The van der Waals surface area contributed by atoms with Crippen molar-refractivity contribution in [3.63, 3.8) is 0 Å². The highest BCUT2D eigenvalue weighted by Crippen LogP contribution is 2.35. The average molecular weight is 339 g/mol. The topological polar surface area (TPSA) is 102 Å². The molecule has 0 saturated carbocycles. The molecule has 1 aromatic heterocycles. The Morgan fingerprint density at radius 2 is 2.12 bits per heavy atom. The van der Waals surface area contributed by atoms with Crippen molar-refractivity contribution in [3.8, 4) is 6.07 Å². The van der Waals surface area contributed by atoms with Crippen molar-refractivity contribution in [2.45, 2.75) is 13.0 Å². The van der Waals surface area contributed by atoms with E-state index < -0.39 is 12.0 Å². The molecule has 0 bridgehead atoms. The van der Waals surface area contributed by atoms with E-state index in [4.69, 9.17) is 14.7 Å².